The summed E-state index contributed by atoms with van der Waals surface area (Å²) in [5.41, 5.74) is 7.55. The maximum Gasteiger partial charge on any atom is 0.210 e. The van der Waals surface area contributed by atoms with Crippen LogP contribution in [-0.2, 0) is 5.41 Å². The van der Waals surface area contributed by atoms with Crippen LogP contribution in [0.1, 0.15) is 44.7 Å². The van der Waals surface area contributed by atoms with E-state index in [4.69, 9.17) is 4.99 Å². The van der Waals surface area contributed by atoms with E-state index in [9.17, 15) is 0 Å². The van der Waals surface area contributed by atoms with Crippen LogP contribution >= 0.6 is 0 Å². The molecule has 0 saturated heterocycles. The van der Waals surface area contributed by atoms with Gasteiger partial charge >= 0.3 is 0 Å². The van der Waals surface area contributed by atoms with Crippen LogP contribution in [-0.4, -0.2) is 36.6 Å². The molecule has 0 fully saturated rings. The fourth-order valence-corrected chi connectivity index (χ4v) is 5.67. The molecule has 0 spiro atoms. The quantitative estimate of drug-likeness (QED) is 0.352. The lowest BCUT2D eigenvalue weighted by Crippen LogP contribution is -2.31. The lowest BCUT2D eigenvalue weighted by atomic mass is 9.73. The maximum absolute atomic E-state index is 4.69. The molecule has 172 valence electrons. The molecule has 0 bridgehead atoms. The van der Waals surface area contributed by atoms with E-state index >= 15 is 0 Å². The summed E-state index contributed by atoms with van der Waals surface area (Å²) in [6.45, 7) is 8.85. The van der Waals surface area contributed by atoms with Gasteiger partial charge in [-0.1, -0.05) is 42.5 Å². The van der Waals surface area contributed by atoms with Crippen molar-refractivity contribution in [2.45, 2.75) is 39.0 Å². The Labute approximate surface area is 203 Å². The van der Waals surface area contributed by atoms with Crippen LogP contribution in [0.2, 0.25) is 0 Å². The average Bonchev–Trinajstić information content (AvgIpc) is 3.44. The van der Waals surface area contributed by atoms with E-state index in [1.165, 1.54) is 44.7 Å². The third kappa shape index (κ3) is 3.79. The fraction of sp³-hybridized carbons (Fsp3) is 0.290. The highest BCUT2D eigenvalue weighted by Gasteiger charge is 2.48. The second kappa shape index (κ2) is 9.06. The Morgan fingerprint density at radius 2 is 1.74 bits per heavy atom. The molecule has 0 radical (unpaired) electrons. The van der Waals surface area contributed by atoms with E-state index in [0.29, 0.717) is 0 Å². The Morgan fingerprint density at radius 3 is 2.44 bits per heavy atom. The SMILES string of the molecule is CCN(CC)c1ccc(/C=C/C2=[N+](C)c3ccc4ccccc4c3C2(C)CC2=CCC=N2)cc1. The first-order chi connectivity index (χ1) is 16.5. The first kappa shape index (κ1) is 22.3. The van der Waals surface area contributed by atoms with Gasteiger partial charge in [0.15, 0.2) is 5.71 Å². The molecule has 0 saturated carbocycles. The van der Waals surface area contributed by atoms with Crippen LogP contribution in [0, 0.1) is 0 Å². The van der Waals surface area contributed by atoms with Crippen molar-refractivity contribution in [3.63, 3.8) is 0 Å². The molecule has 0 aliphatic carbocycles. The zero-order valence-electron chi connectivity index (χ0n) is 20.8. The van der Waals surface area contributed by atoms with Crippen LogP contribution in [0.3, 0.4) is 0 Å². The maximum atomic E-state index is 4.69. The second-order valence-electron chi connectivity index (χ2n) is 9.47. The van der Waals surface area contributed by atoms with Gasteiger partial charge in [-0.3, -0.25) is 4.99 Å². The van der Waals surface area contributed by atoms with Crippen molar-refractivity contribution >= 4 is 40.1 Å². The number of hydrogen-bond donors (Lipinski definition) is 0. The van der Waals surface area contributed by atoms with Gasteiger partial charge in [-0.2, -0.15) is 4.58 Å². The second-order valence-corrected chi connectivity index (χ2v) is 9.47. The van der Waals surface area contributed by atoms with E-state index in [0.717, 1.165) is 25.9 Å². The Balaban J connectivity index is 1.57. The number of hydrogen-bond acceptors (Lipinski definition) is 2. The summed E-state index contributed by atoms with van der Waals surface area (Å²) < 4.78 is 2.38. The summed E-state index contributed by atoms with van der Waals surface area (Å²) >= 11 is 0. The molecule has 3 aromatic carbocycles. The predicted molar refractivity (Wildman–Crippen MR) is 147 cm³/mol. The minimum absolute atomic E-state index is 0.157. The van der Waals surface area contributed by atoms with Gasteiger partial charge < -0.3 is 4.90 Å². The molecule has 5 rings (SSSR count). The minimum atomic E-state index is -0.157. The number of nitrogens with zero attached hydrogens (tertiary/aromatic N) is 3. The van der Waals surface area contributed by atoms with Crippen LogP contribution in [0.5, 0.6) is 0 Å². The standard InChI is InChI=1S/C31H34N3/c1-5-34(6-2)26-17-13-23(14-18-26)15-20-29-31(3,22-25-11-9-21-32-25)30-27-12-8-7-10-24(27)16-19-28(30)33(29)4/h7-8,10-21H,5-6,9,22H2,1-4H3/q+1. The highest BCUT2D eigenvalue weighted by Crippen LogP contribution is 2.47. The van der Waals surface area contributed by atoms with E-state index < -0.39 is 0 Å². The molecule has 0 aromatic heterocycles. The molecular weight excluding hydrogens is 414 g/mol. The van der Waals surface area contributed by atoms with Gasteiger partial charge in [0, 0.05) is 61.2 Å². The summed E-state index contributed by atoms with van der Waals surface area (Å²) in [5.74, 6) is 0. The van der Waals surface area contributed by atoms with Crippen molar-refractivity contribution in [3.05, 3.63) is 89.6 Å². The van der Waals surface area contributed by atoms with Crippen LogP contribution in [0.15, 0.2) is 83.5 Å². The van der Waals surface area contributed by atoms with Gasteiger partial charge in [-0.25, -0.2) is 0 Å². The number of anilines is 1. The Kier molecular flexibility index (Phi) is 5.95. The Hall–Kier alpha value is -3.46. The summed E-state index contributed by atoms with van der Waals surface area (Å²) in [7, 11) is 2.20. The van der Waals surface area contributed by atoms with Gasteiger partial charge in [0.1, 0.15) is 7.05 Å². The lowest BCUT2D eigenvalue weighted by molar-refractivity contribution is -0.401. The van der Waals surface area contributed by atoms with Crippen molar-refractivity contribution in [2.75, 3.05) is 25.0 Å². The number of aliphatic imine (C=N–C) groups is 1. The third-order valence-corrected chi connectivity index (χ3v) is 7.45. The normalized spacial score (nSPS) is 19.4. The monoisotopic (exact) mass is 448 g/mol. The molecule has 0 amide bonds. The van der Waals surface area contributed by atoms with E-state index in [-0.39, 0.29) is 5.41 Å². The molecule has 3 aromatic rings. The lowest BCUT2D eigenvalue weighted by Gasteiger charge is -2.23. The molecule has 1 atom stereocenters. The largest absolute Gasteiger partial charge is 0.372 e. The highest BCUT2D eigenvalue weighted by atomic mass is 15.1. The van der Waals surface area contributed by atoms with Crippen LogP contribution in [0.25, 0.3) is 16.8 Å². The Morgan fingerprint density at radius 1 is 0.971 bits per heavy atom. The molecule has 3 nitrogen and oxygen atoms in total. The van der Waals surface area contributed by atoms with Gasteiger partial charge in [-0.15, -0.1) is 0 Å². The van der Waals surface area contributed by atoms with Crippen molar-refractivity contribution < 1.29 is 4.58 Å². The average molecular weight is 449 g/mol. The first-order valence-corrected chi connectivity index (χ1v) is 12.4. The number of allylic oxidation sites excluding steroid dienone is 3. The molecule has 3 heteroatoms. The number of rotatable bonds is 7. The summed E-state index contributed by atoms with van der Waals surface area (Å²) in [4.78, 5) is 7.07. The third-order valence-electron chi connectivity index (χ3n) is 7.45. The fourth-order valence-electron chi connectivity index (χ4n) is 5.67. The van der Waals surface area contributed by atoms with Gasteiger partial charge in [0.2, 0.25) is 5.69 Å². The summed E-state index contributed by atoms with van der Waals surface area (Å²) in [6, 6.07) is 22.2. The molecular formula is C31H34N3+. The molecule has 34 heavy (non-hydrogen) atoms. The van der Waals surface area contributed by atoms with Gasteiger partial charge in [-0.05, 0) is 61.4 Å². The zero-order chi connectivity index (χ0) is 23.7. The van der Waals surface area contributed by atoms with Crippen molar-refractivity contribution in [2.24, 2.45) is 4.99 Å². The topological polar surface area (TPSA) is 18.6 Å². The van der Waals surface area contributed by atoms with Gasteiger partial charge in [0.05, 0.1) is 5.41 Å². The number of fused-ring (bicyclic) bond motifs is 3. The van der Waals surface area contributed by atoms with Gasteiger partial charge in [0.25, 0.3) is 0 Å². The molecule has 2 aliphatic heterocycles. The Bertz CT molecular complexity index is 1340. The molecule has 1 unspecified atom stereocenters. The smallest absolute Gasteiger partial charge is 0.210 e. The number of benzene rings is 3. The van der Waals surface area contributed by atoms with Crippen LogP contribution in [0.4, 0.5) is 11.4 Å². The van der Waals surface area contributed by atoms with E-state index in [1.54, 1.807) is 0 Å². The highest BCUT2D eigenvalue weighted by molar-refractivity contribution is 6.09. The predicted octanol–water partition coefficient (Wildman–Crippen LogP) is 7.13. The van der Waals surface area contributed by atoms with Crippen molar-refractivity contribution in [1.29, 1.82) is 0 Å². The summed E-state index contributed by atoms with van der Waals surface area (Å²) in [5, 5.41) is 2.63. The van der Waals surface area contributed by atoms with E-state index in [2.05, 4.69) is 116 Å². The molecule has 0 N–H and O–H groups in total. The first-order valence-electron chi connectivity index (χ1n) is 12.4. The zero-order valence-corrected chi connectivity index (χ0v) is 20.8. The van der Waals surface area contributed by atoms with Crippen molar-refractivity contribution in [3.8, 4) is 0 Å². The van der Waals surface area contributed by atoms with E-state index in [1.807, 2.05) is 6.21 Å². The summed E-state index contributed by atoms with van der Waals surface area (Å²) in [6.07, 6.45) is 10.7. The molecule has 2 heterocycles. The minimum Gasteiger partial charge on any atom is -0.372 e. The van der Waals surface area contributed by atoms with Crippen LogP contribution < -0.4 is 4.90 Å². The van der Waals surface area contributed by atoms with Crippen molar-refractivity contribution in [1.82, 2.24) is 0 Å². The molecule has 2 aliphatic rings.